The van der Waals surface area contributed by atoms with Crippen molar-refractivity contribution in [2.75, 3.05) is 5.32 Å². The Morgan fingerprint density at radius 3 is 2.64 bits per heavy atom. The van der Waals surface area contributed by atoms with Crippen LogP contribution in [0.15, 0.2) is 52.6 Å². The molecule has 0 aliphatic carbocycles. The van der Waals surface area contributed by atoms with Gasteiger partial charge in [-0.05, 0) is 43.7 Å². The Morgan fingerprint density at radius 1 is 1.24 bits per heavy atom. The van der Waals surface area contributed by atoms with Crippen LogP contribution in [0.25, 0.3) is 0 Å². The largest absolute Gasteiger partial charge is 0.377 e. The molecule has 1 unspecified atom stereocenters. The Morgan fingerprint density at radius 2 is 2.00 bits per heavy atom. The van der Waals surface area contributed by atoms with E-state index in [9.17, 15) is 0 Å². The second kappa shape index (κ2) is 8.13. The third kappa shape index (κ3) is 4.48. The highest BCUT2D eigenvalue weighted by Crippen LogP contribution is 2.37. The summed E-state index contributed by atoms with van der Waals surface area (Å²) in [6.07, 6.45) is 4.50. The normalized spacial score (nSPS) is 12.2. The van der Waals surface area contributed by atoms with Crippen molar-refractivity contribution in [3.8, 4) is 0 Å². The molecule has 0 radical (unpaired) electrons. The minimum absolute atomic E-state index is 0.125. The van der Waals surface area contributed by atoms with Crippen molar-refractivity contribution in [2.24, 2.45) is 0 Å². The molecule has 0 bridgehead atoms. The molecule has 130 valence electrons. The van der Waals surface area contributed by atoms with Crippen LogP contribution < -0.4 is 5.32 Å². The van der Waals surface area contributed by atoms with Gasteiger partial charge in [-0.15, -0.1) is 0 Å². The molecule has 0 aliphatic heterocycles. The second-order valence-electron chi connectivity index (χ2n) is 5.61. The number of hydrogen-bond acceptors (Lipinski definition) is 4. The smallest absolute Gasteiger partial charge is 0.101 e. The van der Waals surface area contributed by atoms with Gasteiger partial charge < -0.3 is 5.32 Å². The third-order valence-electron chi connectivity index (χ3n) is 3.77. The van der Waals surface area contributed by atoms with Crippen molar-refractivity contribution >= 4 is 40.7 Å². The number of benzene rings is 1. The van der Waals surface area contributed by atoms with E-state index in [4.69, 9.17) is 23.2 Å². The van der Waals surface area contributed by atoms with Gasteiger partial charge in [0.05, 0.1) is 17.4 Å². The molecule has 25 heavy (non-hydrogen) atoms. The van der Waals surface area contributed by atoms with Gasteiger partial charge in [0.15, 0.2) is 0 Å². The van der Waals surface area contributed by atoms with Gasteiger partial charge >= 0.3 is 0 Å². The van der Waals surface area contributed by atoms with Crippen molar-refractivity contribution in [2.45, 2.75) is 36.2 Å². The summed E-state index contributed by atoms with van der Waals surface area (Å²) in [5.41, 5.74) is 3.10. The maximum Gasteiger partial charge on any atom is 0.101 e. The van der Waals surface area contributed by atoms with Gasteiger partial charge in [-0.2, -0.15) is 5.10 Å². The summed E-state index contributed by atoms with van der Waals surface area (Å²) in [7, 11) is 0. The highest BCUT2D eigenvalue weighted by molar-refractivity contribution is 7.99. The van der Waals surface area contributed by atoms with Crippen LogP contribution in [0, 0.1) is 6.92 Å². The second-order valence-corrected chi connectivity index (χ2v) is 7.56. The Bertz CT molecular complexity index is 831. The average molecular weight is 393 g/mol. The average Bonchev–Trinajstić information content (AvgIpc) is 2.93. The molecule has 2 aromatic heterocycles. The molecule has 1 atom stereocenters. The standard InChI is InChI=1S/C18H18Cl2N4S/c1-3-16(22-14-5-4-6-21-10-14)17-11(2)23-24-18(17)25-15-8-12(19)7-13(20)9-15/h4-10,16,22H,3H2,1-2H3,(H,23,24). The van der Waals surface area contributed by atoms with Gasteiger partial charge in [-0.1, -0.05) is 41.9 Å². The van der Waals surface area contributed by atoms with Crippen molar-refractivity contribution in [1.82, 2.24) is 15.2 Å². The molecule has 0 aliphatic rings. The number of aromatic nitrogens is 3. The molecule has 4 nitrogen and oxygen atoms in total. The summed E-state index contributed by atoms with van der Waals surface area (Å²) in [6.45, 7) is 4.15. The summed E-state index contributed by atoms with van der Waals surface area (Å²) in [5.74, 6) is 0. The minimum atomic E-state index is 0.125. The molecule has 7 heteroatoms. The quantitative estimate of drug-likeness (QED) is 0.529. The lowest BCUT2D eigenvalue weighted by Crippen LogP contribution is -2.11. The number of pyridine rings is 1. The van der Waals surface area contributed by atoms with Gasteiger partial charge in [0.1, 0.15) is 5.03 Å². The zero-order chi connectivity index (χ0) is 17.8. The number of nitrogens with zero attached hydrogens (tertiary/aromatic N) is 2. The lowest BCUT2D eigenvalue weighted by Gasteiger charge is -2.19. The molecule has 3 aromatic rings. The molecule has 0 spiro atoms. The summed E-state index contributed by atoms with van der Waals surface area (Å²) in [5, 5.41) is 13.3. The van der Waals surface area contributed by atoms with Crippen molar-refractivity contribution in [1.29, 1.82) is 0 Å². The lowest BCUT2D eigenvalue weighted by molar-refractivity contribution is 0.728. The molecule has 2 heterocycles. The maximum atomic E-state index is 6.12. The number of nitrogens with one attached hydrogen (secondary N) is 2. The molecular weight excluding hydrogens is 375 g/mol. The first kappa shape index (κ1) is 18.1. The van der Waals surface area contributed by atoms with E-state index in [1.54, 1.807) is 24.0 Å². The monoisotopic (exact) mass is 392 g/mol. The lowest BCUT2D eigenvalue weighted by atomic mass is 10.1. The zero-order valence-electron chi connectivity index (χ0n) is 13.9. The van der Waals surface area contributed by atoms with E-state index >= 15 is 0 Å². The van der Waals surface area contributed by atoms with Gasteiger partial charge in [-0.3, -0.25) is 10.1 Å². The predicted octanol–water partition coefficient (Wildman–Crippen LogP) is 6.13. The molecule has 1 aromatic carbocycles. The van der Waals surface area contributed by atoms with E-state index in [0.717, 1.165) is 33.3 Å². The summed E-state index contributed by atoms with van der Waals surface area (Å²) in [6, 6.07) is 9.57. The molecule has 0 amide bonds. The topological polar surface area (TPSA) is 53.6 Å². The number of anilines is 1. The van der Waals surface area contributed by atoms with Crippen LogP contribution in [0.1, 0.15) is 30.6 Å². The number of H-pyrrole nitrogens is 1. The molecule has 2 N–H and O–H groups in total. The fourth-order valence-corrected chi connectivity index (χ4v) is 4.39. The van der Waals surface area contributed by atoms with Crippen LogP contribution in [0.5, 0.6) is 0 Å². The predicted molar refractivity (Wildman–Crippen MR) is 105 cm³/mol. The van der Waals surface area contributed by atoms with Crippen LogP contribution in [-0.4, -0.2) is 15.2 Å². The summed E-state index contributed by atoms with van der Waals surface area (Å²) in [4.78, 5) is 5.14. The number of rotatable bonds is 6. The fraction of sp³-hybridized carbons (Fsp3) is 0.222. The van der Waals surface area contributed by atoms with Gasteiger partial charge in [0.2, 0.25) is 0 Å². The molecule has 0 saturated heterocycles. The zero-order valence-corrected chi connectivity index (χ0v) is 16.2. The van der Waals surface area contributed by atoms with Gasteiger partial charge in [0.25, 0.3) is 0 Å². The molecule has 0 saturated carbocycles. The van der Waals surface area contributed by atoms with Crippen molar-refractivity contribution in [3.05, 3.63) is 64.0 Å². The van der Waals surface area contributed by atoms with Crippen LogP contribution >= 0.6 is 35.0 Å². The van der Waals surface area contributed by atoms with E-state index in [1.165, 1.54) is 0 Å². The van der Waals surface area contributed by atoms with Crippen molar-refractivity contribution in [3.63, 3.8) is 0 Å². The van der Waals surface area contributed by atoms with E-state index in [0.29, 0.717) is 10.0 Å². The van der Waals surface area contributed by atoms with Gasteiger partial charge in [0, 0.05) is 32.9 Å². The Hall–Kier alpha value is -1.69. The highest BCUT2D eigenvalue weighted by Gasteiger charge is 2.20. The number of aromatic amines is 1. The molecule has 0 fully saturated rings. The first-order chi connectivity index (χ1) is 12.1. The Kier molecular flexibility index (Phi) is 5.89. The van der Waals surface area contributed by atoms with Crippen LogP contribution in [0.2, 0.25) is 10.0 Å². The van der Waals surface area contributed by atoms with E-state index in [2.05, 4.69) is 27.4 Å². The minimum Gasteiger partial charge on any atom is -0.377 e. The van der Waals surface area contributed by atoms with Crippen LogP contribution in [-0.2, 0) is 0 Å². The molecular formula is C18H18Cl2N4S. The highest BCUT2D eigenvalue weighted by atomic mass is 35.5. The van der Waals surface area contributed by atoms with Crippen LogP contribution in [0.4, 0.5) is 5.69 Å². The first-order valence-electron chi connectivity index (χ1n) is 7.92. The maximum absolute atomic E-state index is 6.12. The number of hydrogen-bond donors (Lipinski definition) is 2. The summed E-state index contributed by atoms with van der Waals surface area (Å²) < 4.78 is 0. The Balaban J connectivity index is 1.89. The van der Waals surface area contributed by atoms with E-state index in [-0.39, 0.29) is 6.04 Å². The SMILES string of the molecule is CCC(Nc1cccnc1)c1c(C)n[nH]c1Sc1cc(Cl)cc(Cl)c1. The Labute approximate surface area is 161 Å². The fourth-order valence-electron chi connectivity index (χ4n) is 2.64. The van der Waals surface area contributed by atoms with Crippen molar-refractivity contribution < 1.29 is 0 Å². The summed E-state index contributed by atoms with van der Waals surface area (Å²) >= 11 is 13.8. The van der Waals surface area contributed by atoms with E-state index < -0.39 is 0 Å². The third-order valence-corrected chi connectivity index (χ3v) is 5.20. The van der Waals surface area contributed by atoms with Crippen LogP contribution in [0.3, 0.4) is 0 Å². The van der Waals surface area contributed by atoms with E-state index in [1.807, 2.05) is 37.4 Å². The number of aryl methyl sites for hydroxylation is 1. The number of halogens is 2. The first-order valence-corrected chi connectivity index (χ1v) is 9.49. The molecule has 3 rings (SSSR count). The van der Waals surface area contributed by atoms with Gasteiger partial charge in [-0.25, -0.2) is 0 Å².